The van der Waals surface area contributed by atoms with Crippen molar-refractivity contribution in [2.75, 3.05) is 6.61 Å². The Kier molecular flexibility index (Phi) is 2.42. The lowest BCUT2D eigenvalue weighted by Crippen LogP contribution is -2.15. The summed E-state index contributed by atoms with van der Waals surface area (Å²) in [5, 5.41) is 4.42. The smallest absolute Gasteiger partial charge is 0.0859 e. The molecule has 3 heterocycles. The number of nitrogens with one attached hydrogen (secondary N) is 1. The first-order chi connectivity index (χ1) is 7.36. The molecule has 2 nitrogen and oxygen atoms in total. The second-order valence-corrected chi connectivity index (χ2v) is 5.20. The quantitative estimate of drug-likeness (QED) is 0.851. The van der Waals surface area contributed by atoms with Crippen molar-refractivity contribution in [2.24, 2.45) is 0 Å². The van der Waals surface area contributed by atoms with Crippen molar-refractivity contribution in [1.82, 2.24) is 4.98 Å². The fraction of sp³-hybridized carbons (Fsp3) is 0.273. The number of rotatable bonds is 1. The van der Waals surface area contributed by atoms with Gasteiger partial charge in [0.25, 0.3) is 0 Å². The van der Waals surface area contributed by atoms with Crippen molar-refractivity contribution >= 4 is 27.3 Å². The molecule has 2 aromatic heterocycles. The summed E-state index contributed by atoms with van der Waals surface area (Å²) < 4.78 is 6.68. The van der Waals surface area contributed by atoms with Gasteiger partial charge in [-0.15, -0.1) is 0 Å². The molecule has 1 N–H and O–H groups in total. The Labute approximate surface area is 100 Å². The lowest BCUT2D eigenvalue weighted by atomic mass is 9.92. The van der Waals surface area contributed by atoms with Crippen molar-refractivity contribution in [1.29, 1.82) is 0 Å². The minimum Gasteiger partial charge on any atom is -0.376 e. The molecule has 0 aromatic carbocycles. The van der Waals surface area contributed by atoms with E-state index in [1.807, 2.05) is 6.20 Å². The summed E-state index contributed by atoms with van der Waals surface area (Å²) in [6.45, 7) is 1.54. The molecule has 1 atom stereocenters. The summed E-state index contributed by atoms with van der Waals surface area (Å²) in [7, 11) is 0. The molecule has 4 heteroatoms. The van der Waals surface area contributed by atoms with Crippen LogP contribution in [0.2, 0.25) is 0 Å². The van der Waals surface area contributed by atoms with Crippen molar-refractivity contribution in [3.05, 3.63) is 44.3 Å². The van der Waals surface area contributed by atoms with E-state index in [1.165, 1.54) is 16.7 Å². The highest BCUT2D eigenvalue weighted by atomic mass is 79.9. The number of halogens is 1. The van der Waals surface area contributed by atoms with Crippen LogP contribution in [0.3, 0.4) is 0 Å². The van der Waals surface area contributed by atoms with Gasteiger partial charge in [-0.1, -0.05) is 0 Å². The van der Waals surface area contributed by atoms with E-state index in [2.05, 4.69) is 37.7 Å². The maximum absolute atomic E-state index is 5.62. The topological polar surface area (TPSA) is 25.0 Å². The van der Waals surface area contributed by atoms with Crippen molar-refractivity contribution in [2.45, 2.75) is 12.5 Å². The zero-order valence-corrected chi connectivity index (χ0v) is 10.4. The predicted octanol–water partition coefficient (Wildman–Crippen LogP) is 3.50. The van der Waals surface area contributed by atoms with E-state index in [1.54, 1.807) is 11.3 Å². The fourth-order valence-electron chi connectivity index (χ4n) is 2.02. The molecular weight excluding hydrogens is 274 g/mol. The maximum atomic E-state index is 5.62. The molecule has 0 saturated heterocycles. The molecule has 0 spiro atoms. The Morgan fingerprint density at radius 3 is 3.13 bits per heavy atom. The number of hydrogen-bond acceptors (Lipinski definition) is 2. The summed E-state index contributed by atoms with van der Waals surface area (Å²) in [6.07, 6.45) is 1.96. The lowest BCUT2D eigenvalue weighted by Gasteiger charge is -2.22. The van der Waals surface area contributed by atoms with Gasteiger partial charge in [0.05, 0.1) is 17.8 Å². The van der Waals surface area contributed by atoms with Crippen molar-refractivity contribution in [3.63, 3.8) is 0 Å². The standard InChI is InChI=1S/C11H10BrNOS/c12-11-8(1-2-13-11)9-4-14-3-7-5-15-6-10(7)9/h1-2,5-6,9,13H,3-4H2. The van der Waals surface area contributed by atoms with Crippen molar-refractivity contribution < 1.29 is 4.74 Å². The Morgan fingerprint density at radius 1 is 1.40 bits per heavy atom. The minimum absolute atomic E-state index is 0.376. The number of aromatic nitrogens is 1. The lowest BCUT2D eigenvalue weighted by molar-refractivity contribution is 0.0999. The van der Waals surface area contributed by atoms with Gasteiger partial charge in [0.1, 0.15) is 0 Å². The molecule has 15 heavy (non-hydrogen) atoms. The summed E-state index contributed by atoms with van der Waals surface area (Å²) in [5.74, 6) is 0.376. The van der Waals surface area contributed by atoms with E-state index >= 15 is 0 Å². The van der Waals surface area contributed by atoms with Gasteiger partial charge in [0.15, 0.2) is 0 Å². The number of thiophene rings is 1. The van der Waals surface area contributed by atoms with Gasteiger partial charge in [-0.3, -0.25) is 0 Å². The van der Waals surface area contributed by atoms with E-state index in [9.17, 15) is 0 Å². The summed E-state index contributed by atoms with van der Waals surface area (Å²) in [5.41, 5.74) is 4.05. The highest BCUT2D eigenvalue weighted by Crippen LogP contribution is 2.36. The highest BCUT2D eigenvalue weighted by molar-refractivity contribution is 9.10. The van der Waals surface area contributed by atoms with Gasteiger partial charge in [0.2, 0.25) is 0 Å². The molecule has 3 rings (SSSR count). The first kappa shape index (κ1) is 9.63. The second-order valence-electron chi connectivity index (χ2n) is 3.67. The van der Waals surface area contributed by atoms with Gasteiger partial charge in [0, 0.05) is 12.1 Å². The van der Waals surface area contributed by atoms with Gasteiger partial charge >= 0.3 is 0 Å². The summed E-state index contributed by atoms with van der Waals surface area (Å²) in [6, 6.07) is 2.12. The largest absolute Gasteiger partial charge is 0.376 e. The van der Waals surface area contributed by atoms with Gasteiger partial charge in [-0.25, -0.2) is 0 Å². The first-order valence-electron chi connectivity index (χ1n) is 4.81. The molecule has 0 radical (unpaired) electrons. The van der Waals surface area contributed by atoms with Crippen LogP contribution >= 0.6 is 27.3 Å². The van der Waals surface area contributed by atoms with Crippen LogP contribution in [0.1, 0.15) is 22.6 Å². The molecule has 1 aliphatic rings. The zero-order chi connectivity index (χ0) is 10.3. The van der Waals surface area contributed by atoms with E-state index in [-0.39, 0.29) is 0 Å². The fourth-order valence-corrected chi connectivity index (χ4v) is 3.46. The Hall–Kier alpha value is -0.580. The number of fused-ring (bicyclic) bond motifs is 1. The number of H-pyrrole nitrogens is 1. The van der Waals surface area contributed by atoms with Crippen LogP contribution in [-0.4, -0.2) is 11.6 Å². The van der Waals surface area contributed by atoms with Gasteiger partial charge < -0.3 is 9.72 Å². The molecule has 0 amide bonds. The van der Waals surface area contributed by atoms with Crippen molar-refractivity contribution in [3.8, 4) is 0 Å². The number of ether oxygens (including phenoxy) is 1. The van der Waals surface area contributed by atoms with E-state index in [0.29, 0.717) is 5.92 Å². The number of hydrogen-bond donors (Lipinski definition) is 1. The molecule has 1 unspecified atom stereocenters. The average molecular weight is 284 g/mol. The van der Waals surface area contributed by atoms with E-state index in [0.717, 1.165) is 17.8 Å². The van der Waals surface area contributed by atoms with E-state index in [4.69, 9.17) is 4.74 Å². The third-order valence-electron chi connectivity index (χ3n) is 2.80. The second kappa shape index (κ2) is 3.77. The molecule has 2 aromatic rings. The van der Waals surface area contributed by atoms with Gasteiger partial charge in [-0.2, -0.15) is 11.3 Å². The van der Waals surface area contributed by atoms with Gasteiger partial charge in [-0.05, 0) is 49.4 Å². The minimum atomic E-state index is 0.376. The van der Waals surface area contributed by atoms with Crippen LogP contribution in [0.15, 0.2) is 27.6 Å². The molecular formula is C11H10BrNOS. The molecule has 78 valence electrons. The van der Waals surface area contributed by atoms with Crippen LogP contribution < -0.4 is 0 Å². The molecule has 0 saturated carbocycles. The Bertz CT molecular complexity index is 476. The third-order valence-corrected chi connectivity index (χ3v) is 4.29. The first-order valence-corrected chi connectivity index (χ1v) is 6.55. The summed E-state index contributed by atoms with van der Waals surface area (Å²) in [4.78, 5) is 3.15. The highest BCUT2D eigenvalue weighted by Gasteiger charge is 2.24. The van der Waals surface area contributed by atoms with E-state index < -0.39 is 0 Å². The monoisotopic (exact) mass is 283 g/mol. The molecule has 0 fully saturated rings. The van der Waals surface area contributed by atoms with Crippen LogP contribution in [0.25, 0.3) is 0 Å². The van der Waals surface area contributed by atoms with Crippen LogP contribution in [0.4, 0.5) is 0 Å². The normalized spacial score (nSPS) is 20.2. The molecule has 0 aliphatic carbocycles. The SMILES string of the molecule is Brc1[nH]ccc1C1COCc2cscc21. The third kappa shape index (κ3) is 1.57. The van der Waals surface area contributed by atoms with Crippen LogP contribution in [-0.2, 0) is 11.3 Å². The zero-order valence-electron chi connectivity index (χ0n) is 8.00. The van der Waals surface area contributed by atoms with Crippen LogP contribution in [0, 0.1) is 0 Å². The Balaban J connectivity index is 2.07. The predicted molar refractivity (Wildman–Crippen MR) is 64.3 cm³/mol. The molecule has 0 bridgehead atoms. The van der Waals surface area contributed by atoms with Crippen LogP contribution in [0.5, 0.6) is 0 Å². The maximum Gasteiger partial charge on any atom is 0.0859 e. The molecule has 1 aliphatic heterocycles. The summed E-state index contributed by atoms with van der Waals surface area (Å²) >= 11 is 5.29. The average Bonchev–Trinajstić information content (AvgIpc) is 2.85. The number of aromatic amines is 1. The Morgan fingerprint density at radius 2 is 2.33 bits per heavy atom.